The number of nitrogens with zero attached hydrogens (tertiary/aromatic N) is 1. The second-order valence-electron chi connectivity index (χ2n) is 2.68. The summed E-state index contributed by atoms with van der Waals surface area (Å²) >= 11 is 1.20. The van der Waals surface area contributed by atoms with Gasteiger partial charge in [0.05, 0.1) is 0 Å². The van der Waals surface area contributed by atoms with E-state index in [9.17, 15) is 0 Å². The minimum atomic E-state index is 1.14. The number of hydrogen-bond acceptors (Lipinski definition) is 1. The average Bonchev–Trinajstić information content (AvgIpc) is 2.01. The molecule has 0 aliphatic carbocycles. The molecular formula is C9H13NSn. The summed E-state index contributed by atoms with van der Waals surface area (Å²) in [5.41, 5.74) is 1.26. The molecular weight excluding hydrogens is 241 g/mol. The van der Waals surface area contributed by atoms with Crippen molar-refractivity contribution in [3.63, 3.8) is 0 Å². The number of hydrogen-bond donors (Lipinski definition) is 0. The first-order chi connectivity index (χ1) is 5.33. The summed E-state index contributed by atoms with van der Waals surface area (Å²) in [4.78, 5) is 4.30. The predicted octanol–water partition coefficient (Wildman–Crippen LogP) is 0.950. The zero-order valence-corrected chi connectivity index (χ0v) is 10.2. The van der Waals surface area contributed by atoms with Gasteiger partial charge in [-0.3, -0.25) is 0 Å². The average molecular weight is 254 g/mol. The molecule has 0 saturated heterocycles. The Morgan fingerprint density at radius 1 is 1.55 bits per heavy atom. The Labute approximate surface area is 81.3 Å². The van der Waals surface area contributed by atoms with Crippen molar-refractivity contribution in [2.24, 2.45) is 0 Å². The summed E-state index contributed by atoms with van der Waals surface area (Å²) in [5.74, 6) is 0. The Morgan fingerprint density at radius 2 is 2.36 bits per heavy atom. The van der Waals surface area contributed by atoms with Crippen molar-refractivity contribution in [1.82, 2.24) is 4.98 Å². The van der Waals surface area contributed by atoms with Crippen LogP contribution in [0.1, 0.15) is 25.5 Å². The number of rotatable bonds is 3. The first kappa shape index (κ1) is 9.04. The molecule has 11 heavy (non-hydrogen) atoms. The molecule has 0 amide bonds. The van der Waals surface area contributed by atoms with Crippen molar-refractivity contribution in [2.75, 3.05) is 0 Å². The van der Waals surface area contributed by atoms with Crippen LogP contribution in [0.5, 0.6) is 0 Å². The fourth-order valence-electron chi connectivity index (χ4n) is 0.991. The van der Waals surface area contributed by atoms with Crippen LogP contribution in [0.4, 0.5) is 0 Å². The van der Waals surface area contributed by atoms with Gasteiger partial charge in [0.15, 0.2) is 0 Å². The Morgan fingerprint density at radius 3 is 3.00 bits per heavy atom. The Hall–Kier alpha value is -0.0513. The fraction of sp³-hybridized carbons (Fsp3) is 0.444. The van der Waals surface area contributed by atoms with Crippen LogP contribution in [0.15, 0.2) is 18.3 Å². The monoisotopic (exact) mass is 255 g/mol. The van der Waals surface area contributed by atoms with Gasteiger partial charge in [-0.2, -0.15) is 0 Å². The Bertz CT molecular complexity index is 223. The van der Waals surface area contributed by atoms with Crippen LogP contribution < -0.4 is 3.58 Å². The molecule has 1 nitrogen and oxygen atoms in total. The first-order valence-corrected chi connectivity index (χ1v) is 5.68. The van der Waals surface area contributed by atoms with Crippen LogP contribution in [0, 0.1) is 0 Å². The molecule has 0 saturated carbocycles. The summed E-state index contributed by atoms with van der Waals surface area (Å²) in [6.07, 6.45) is 5.58. The van der Waals surface area contributed by atoms with E-state index < -0.39 is 0 Å². The van der Waals surface area contributed by atoms with E-state index in [4.69, 9.17) is 0 Å². The number of unbranched alkanes of at least 4 members (excludes halogenated alkanes) is 1. The van der Waals surface area contributed by atoms with Crippen molar-refractivity contribution in [3.8, 4) is 0 Å². The van der Waals surface area contributed by atoms with Crippen LogP contribution in [0.2, 0.25) is 0 Å². The van der Waals surface area contributed by atoms with Gasteiger partial charge < -0.3 is 0 Å². The summed E-state index contributed by atoms with van der Waals surface area (Å²) in [5, 5.41) is 0. The molecule has 2 heteroatoms. The molecule has 58 valence electrons. The van der Waals surface area contributed by atoms with E-state index in [-0.39, 0.29) is 0 Å². The molecule has 0 aliphatic heterocycles. The van der Waals surface area contributed by atoms with E-state index in [2.05, 4.69) is 24.0 Å². The van der Waals surface area contributed by atoms with Crippen LogP contribution >= 0.6 is 0 Å². The maximum absolute atomic E-state index is 4.30. The molecule has 0 aliphatic rings. The Balaban J connectivity index is 2.56. The van der Waals surface area contributed by atoms with Crippen LogP contribution in [-0.2, 0) is 6.42 Å². The predicted molar refractivity (Wildman–Crippen MR) is 49.6 cm³/mol. The summed E-state index contributed by atoms with van der Waals surface area (Å²) in [7, 11) is 0. The summed E-state index contributed by atoms with van der Waals surface area (Å²) in [6, 6.07) is 4.32. The number of aryl methyl sites for hydroxylation is 1. The van der Waals surface area contributed by atoms with E-state index in [0.29, 0.717) is 0 Å². The van der Waals surface area contributed by atoms with Crippen LogP contribution in [0.25, 0.3) is 0 Å². The minimum absolute atomic E-state index is 1.14. The topological polar surface area (TPSA) is 12.9 Å². The van der Waals surface area contributed by atoms with Gasteiger partial charge in [0, 0.05) is 0 Å². The van der Waals surface area contributed by atoms with Crippen molar-refractivity contribution < 1.29 is 0 Å². The van der Waals surface area contributed by atoms with E-state index in [0.717, 1.165) is 6.42 Å². The number of aromatic nitrogens is 1. The number of pyridine rings is 1. The van der Waals surface area contributed by atoms with E-state index in [1.807, 2.05) is 6.20 Å². The second kappa shape index (κ2) is 4.75. The molecule has 0 atom stereocenters. The van der Waals surface area contributed by atoms with Crippen LogP contribution in [-0.4, -0.2) is 27.5 Å². The third-order valence-corrected chi connectivity index (χ3v) is 2.65. The molecule has 1 aromatic rings. The quantitative estimate of drug-likeness (QED) is 0.732. The van der Waals surface area contributed by atoms with E-state index in [1.165, 1.54) is 44.6 Å². The molecule has 0 bridgehead atoms. The maximum atomic E-state index is 4.30. The SMILES string of the molecule is CCCCc1c[c]([SnH])ccn1. The van der Waals surface area contributed by atoms with Gasteiger partial charge in [0.1, 0.15) is 0 Å². The third kappa shape index (κ3) is 3.23. The van der Waals surface area contributed by atoms with Crippen molar-refractivity contribution in [1.29, 1.82) is 0 Å². The first-order valence-electron chi connectivity index (χ1n) is 4.03. The van der Waals surface area contributed by atoms with Gasteiger partial charge in [-0.05, 0) is 0 Å². The molecule has 0 N–H and O–H groups in total. The molecule has 0 spiro atoms. The normalized spacial score (nSPS) is 10.0. The molecule has 0 aromatic carbocycles. The van der Waals surface area contributed by atoms with Crippen LogP contribution in [0.3, 0.4) is 0 Å². The summed E-state index contributed by atoms with van der Waals surface area (Å²) in [6.45, 7) is 2.21. The molecule has 1 heterocycles. The van der Waals surface area contributed by atoms with Gasteiger partial charge in [-0.15, -0.1) is 0 Å². The van der Waals surface area contributed by atoms with Crippen molar-refractivity contribution in [2.45, 2.75) is 26.2 Å². The van der Waals surface area contributed by atoms with Gasteiger partial charge in [-0.25, -0.2) is 0 Å². The molecule has 1 aromatic heterocycles. The third-order valence-electron chi connectivity index (χ3n) is 1.63. The van der Waals surface area contributed by atoms with Gasteiger partial charge >= 0.3 is 81.3 Å². The second-order valence-corrected chi connectivity index (χ2v) is 4.59. The Kier molecular flexibility index (Phi) is 3.90. The van der Waals surface area contributed by atoms with Crippen molar-refractivity contribution >= 4 is 26.1 Å². The van der Waals surface area contributed by atoms with E-state index >= 15 is 0 Å². The van der Waals surface area contributed by atoms with Crippen molar-refractivity contribution in [3.05, 3.63) is 24.0 Å². The van der Waals surface area contributed by atoms with E-state index in [1.54, 1.807) is 0 Å². The van der Waals surface area contributed by atoms with Gasteiger partial charge in [0.2, 0.25) is 0 Å². The zero-order valence-electron chi connectivity index (χ0n) is 6.88. The summed E-state index contributed by atoms with van der Waals surface area (Å²) < 4.78 is 1.44. The zero-order chi connectivity index (χ0) is 8.10. The molecule has 0 unspecified atom stereocenters. The van der Waals surface area contributed by atoms with Gasteiger partial charge in [0.25, 0.3) is 0 Å². The molecule has 0 fully saturated rings. The standard InChI is InChI=1S/C9H12N.Sn.H/c1-2-3-6-9-7-4-5-8-10-9;;/h5,7-8H,2-3,6H2,1H3;;. The molecule has 1 rings (SSSR count). The van der Waals surface area contributed by atoms with Gasteiger partial charge in [-0.1, -0.05) is 0 Å². The molecule has 2 radical (unpaired) electrons. The fourth-order valence-corrected chi connectivity index (χ4v) is 1.79.